The minimum Gasteiger partial charge on any atom is -0.292 e. The minimum atomic E-state index is 0.0864. The summed E-state index contributed by atoms with van der Waals surface area (Å²) in [6.45, 7) is 0. The summed E-state index contributed by atoms with van der Waals surface area (Å²) in [5.74, 6) is 0.0864. The van der Waals surface area contributed by atoms with E-state index in [1.807, 2.05) is 18.2 Å². The number of benzene rings is 1. The van der Waals surface area contributed by atoms with Crippen molar-refractivity contribution >= 4 is 5.78 Å². The molecule has 0 aliphatic rings. The van der Waals surface area contributed by atoms with Crippen LogP contribution in [-0.4, -0.2) is 15.8 Å². The summed E-state index contributed by atoms with van der Waals surface area (Å²) in [6.07, 6.45) is 5.32. The number of carbonyl (C=O) groups excluding carboxylic acids is 1. The van der Waals surface area contributed by atoms with Crippen LogP contribution >= 0.6 is 0 Å². The van der Waals surface area contributed by atoms with Crippen LogP contribution in [0.1, 0.15) is 28.9 Å². The Balaban J connectivity index is 1.82. The van der Waals surface area contributed by atoms with E-state index in [0.29, 0.717) is 12.1 Å². The van der Waals surface area contributed by atoms with Crippen molar-refractivity contribution in [1.29, 1.82) is 0 Å². The lowest BCUT2D eigenvalue weighted by molar-refractivity contribution is 0.0975. The number of Topliss-reactive ketones (excluding diaryl/α,β-unsaturated/α-hetero) is 1. The van der Waals surface area contributed by atoms with Crippen molar-refractivity contribution in [3.8, 4) is 0 Å². The SMILES string of the molecule is O=C(CCCc1ccccc1)c1ccncn1. The molecule has 1 heterocycles. The number of ketones is 1. The van der Waals surface area contributed by atoms with Crippen molar-refractivity contribution < 1.29 is 4.79 Å². The number of hydrogen-bond acceptors (Lipinski definition) is 3. The quantitative estimate of drug-likeness (QED) is 0.736. The van der Waals surface area contributed by atoms with Crippen LogP contribution in [0.2, 0.25) is 0 Å². The molecule has 0 saturated carbocycles. The number of nitrogens with zero attached hydrogens (tertiary/aromatic N) is 2. The zero-order valence-corrected chi connectivity index (χ0v) is 9.54. The zero-order valence-electron chi connectivity index (χ0n) is 9.54. The highest BCUT2D eigenvalue weighted by molar-refractivity contribution is 5.93. The summed E-state index contributed by atoms with van der Waals surface area (Å²) < 4.78 is 0. The topological polar surface area (TPSA) is 42.9 Å². The molecule has 0 saturated heterocycles. The van der Waals surface area contributed by atoms with E-state index in [1.165, 1.54) is 11.9 Å². The molecule has 0 fully saturated rings. The Morgan fingerprint density at radius 3 is 2.65 bits per heavy atom. The van der Waals surface area contributed by atoms with Crippen LogP contribution in [-0.2, 0) is 6.42 Å². The highest BCUT2D eigenvalue weighted by atomic mass is 16.1. The van der Waals surface area contributed by atoms with Gasteiger partial charge < -0.3 is 0 Å². The highest BCUT2D eigenvalue weighted by Crippen LogP contribution is 2.07. The molecule has 0 unspecified atom stereocenters. The first kappa shape index (κ1) is 11.5. The third kappa shape index (κ3) is 3.48. The first-order chi connectivity index (χ1) is 8.36. The molecule has 0 amide bonds. The van der Waals surface area contributed by atoms with Gasteiger partial charge in [-0.05, 0) is 24.5 Å². The van der Waals surface area contributed by atoms with E-state index in [-0.39, 0.29) is 5.78 Å². The van der Waals surface area contributed by atoms with Crippen LogP contribution in [0.15, 0.2) is 48.9 Å². The molecule has 0 radical (unpaired) electrons. The van der Waals surface area contributed by atoms with Gasteiger partial charge in [-0.2, -0.15) is 0 Å². The van der Waals surface area contributed by atoms with Gasteiger partial charge >= 0.3 is 0 Å². The summed E-state index contributed by atoms with van der Waals surface area (Å²) in [5, 5.41) is 0. The van der Waals surface area contributed by atoms with E-state index in [1.54, 1.807) is 12.3 Å². The standard InChI is InChI=1S/C14H14N2O/c17-14(13-9-10-15-11-16-13)8-4-7-12-5-2-1-3-6-12/h1-3,5-6,9-11H,4,7-8H2. The average molecular weight is 226 g/mol. The number of hydrogen-bond donors (Lipinski definition) is 0. The van der Waals surface area contributed by atoms with Gasteiger partial charge in [0, 0.05) is 12.6 Å². The summed E-state index contributed by atoms with van der Waals surface area (Å²) in [6, 6.07) is 11.8. The monoisotopic (exact) mass is 226 g/mol. The molecule has 0 atom stereocenters. The van der Waals surface area contributed by atoms with Crippen LogP contribution in [0.5, 0.6) is 0 Å². The predicted octanol–water partition coefficient (Wildman–Crippen LogP) is 2.68. The van der Waals surface area contributed by atoms with E-state index >= 15 is 0 Å². The van der Waals surface area contributed by atoms with Gasteiger partial charge in [-0.3, -0.25) is 4.79 Å². The van der Waals surface area contributed by atoms with Crippen molar-refractivity contribution in [2.45, 2.75) is 19.3 Å². The maximum atomic E-state index is 11.7. The Kier molecular flexibility index (Phi) is 3.97. The third-order valence-electron chi connectivity index (χ3n) is 2.58. The lowest BCUT2D eigenvalue weighted by Gasteiger charge is -2.01. The third-order valence-corrected chi connectivity index (χ3v) is 2.58. The molecule has 2 rings (SSSR count). The van der Waals surface area contributed by atoms with Gasteiger partial charge in [0.2, 0.25) is 0 Å². The molecule has 0 aliphatic heterocycles. The molecule has 0 aliphatic carbocycles. The smallest absolute Gasteiger partial charge is 0.181 e. The van der Waals surface area contributed by atoms with Crippen LogP contribution in [0.25, 0.3) is 0 Å². The molecule has 1 aromatic carbocycles. The van der Waals surface area contributed by atoms with Gasteiger partial charge in [0.15, 0.2) is 5.78 Å². The largest absolute Gasteiger partial charge is 0.292 e. The highest BCUT2D eigenvalue weighted by Gasteiger charge is 2.06. The summed E-state index contributed by atoms with van der Waals surface area (Å²) >= 11 is 0. The number of rotatable bonds is 5. The van der Waals surface area contributed by atoms with Gasteiger partial charge in [-0.15, -0.1) is 0 Å². The second-order valence-electron chi connectivity index (χ2n) is 3.86. The number of aryl methyl sites for hydroxylation is 1. The number of carbonyl (C=O) groups is 1. The van der Waals surface area contributed by atoms with Crippen LogP contribution in [0.3, 0.4) is 0 Å². The van der Waals surface area contributed by atoms with Crippen LogP contribution in [0.4, 0.5) is 0 Å². The first-order valence-corrected chi connectivity index (χ1v) is 5.69. The molecule has 17 heavy (non-hydrogen) atoms. The Morgan fingerprint density at radius 1 is 1.12 bits per heavy atom. The van der Waals surface area contributed by atoms with Crippen molar-refractivity contribution in [2.75, 3.05) is 0 Å². The zero-order chi connectivity index (χ0) is 11.9. The van der Waals surface area contributed by atoms with E-state index in [9.17, 15) is 4.79 Å². The molecular formula is C14H14N2O. The lowest BCUT2D eigenvalue weighted by atomic mass is 10.1. The normalized spacial score (nSPS) is 10.1. The summed E-state index contributed by atoms with van der Waals surface area (Å²) in [4.78, 5) is 19.5. The van der Waals surface area contributed by atoms with Gasteiger partial charge in [0.05, 0.1) is 0 Å². The molecule has 1 aromatic heterocycles. The van der Waals surface area contributed by atoms with E-state index in [0.717, 1.165) is 12.8 Å². The predicted molar refractivity (Wildman–Crippen MR) is 65.7 cm³/mol. The molecule has 3 nitrogen and oxygen atoms in total. The molecule has 86 valence electrons. The Morgan fingerprint density at radius 2 is 1.94 bits per heavy atom. The van der Waals surface area contributed by atoms with Gasteiger partial charge in [0.1, 0.15) is 12.0 Å². The molecular weight excluding hydrogens is 212 g/mol. The fraction of sp³-hybridized carbons (Fsp3) is 0.214. The Bertz CT molecular complexity index is 468. The fourth-order valence-electron chi connectivity index (χ4n) is 1.68. The van der Waals surface area contributed by atoms with Crippen molar-refractivity contribution in [3.05, 3.63) is 60.2 Å². The van der Waals surface area contributed by atoms with Gasteiger partial charge in [-0.25, -0.2) is 9.97 Å². The molecule has 0 bridgehead atoms. The fourth-order valence-corrected chi connectivity index (χ4v) is 1.68. The van der Waals surface area contributed by atoms with E-state index in [4.69, 9.17) is 0 Å². The minimum absolute atomic E-state index is 0.0864. The molecule has 0 N–H and O–H groups in total. The lowest BCUT2D eigenvalue weighted by Crippen LogP contribution is -2.02. The van der Waals surface area contributed by atoms with Gasteiger partial charge in [-0.1, -0.05) is 30.3 Å². The number of aromatic nitrogens is 2. The van der Waals surface area contributed by atoms with Crippen LogP contribution in [0, 0.1) is 0 Å². The average Bonchev–Trinajstić information content (AvgIpc) is 2.41. The maximum Gasteiger partial charge on any atom is 0.181 e. The second kappa shape index (κ2) is 5.89. The van der Waals surface area contributed by atoms with Crippen LogP contribution < -0.4 is 0 Å². The second-order valence-corrected chi connectivity index (χ2v) is 3.86. The summed E-state index contributed by atoms with van der Waals surface area (Å²) in [5.41, 5.74) is 1.77. The van der Waals surface area contributed by atoms with E-state index < -0.39 is 0 Å². The van der Waals surface area contributed by atoms with Gasteiger partial charge in [0.25, 0.3) is 0 Å². The van der Waals surface area contributed by atoms with Crippen molar-refractivity contribution in [1.82, 2.24) is 9.97 Å². The molecule has 2 aromatic rings. The molecule has 3 heteroatoms. The van der Waals surface area contributed by atoms with E-state index in [2.05, 4.69) is 22.1 Å². The molecule has 0 spiro atoms. The van der Waals surface area contributed by atoms with Crippen molar-refractivity contribution in [2.24, 2.45) is 0 Å². The maximum absolute atomic E-state index is 11.7. The summed E-state index contributed by atoms with van der Waals surface area (Å²) in [7, 11) is 0. The Hall–Kier alpha value is -2.03. The first-order valence-electron chi connectivity index (χ1n) is 5.69. The van der Waals surface area contributed by atoms with Crippen molar-refractivity contribution in [3.63, 3.8) is 0 Å². The Labute approximate surface area is 101 Å².